The highest BCUT2D eigenvalue weighted by Gasteiger charge is 2.18. The van der Waals surface area contributed by atoms with Gasteiger partial charge in [-0.2, -0.15) is 0 Å². The molecular formula is C28H22O4. The molecule has 0 spiro atoms. The molecule has 0 fully saturated rings. The minimum atomic E-state index is -0.938. The van der Waals surface area contributed by atoms with Crippen LogP contribution in [0.4, 0.5) is 0 Å². The number of aliphatic hydroxyl groups is 1. The number of hydrogen-bond acceptors (Lipinski definition) is 4. The predicted molar refractivity (Wildman–Crippen MR) is 127 cm³/mol. The van der Waals surface area contributed by atoms with Crippen LogP contribution in [0, 0.1) is 0 Å². The molecular weight excluding hydrogens is 400 g/mol. The first-order chi connectivity index (χ1) is 15.7. The monoisotopic (exact) mass is 422 g/mol. The van der Waals surface area contributed by atoms with Crippen LogP contribution in [-0.4, -0.2) is 30.4 Å². The molecule has 0 saturated heterocycles. The van der Waals surface area contributed by atoms with Gasteiger partial charge in [-0.15, -0.1) is 0 Å². The van der Waals surface area contributed by atoms with Gasteiger partial charge in [0.25, 0.3) is 0 Å². The lowest BCUT2D eigenvalue weighted by atomic mass is 9.97. The minimum Gasteiger partial charge on any atom is -0.491 e. The van der Waals surface area contributed by atoms with Crippen molar-refractivity contribution in [1.29, 1.82) is 0 Å². The van der Waals surface area contributed by atoms with Crippen LogP contribution in [0.15, 0.2) is 97.1 Å². The van der Waals surface area contributed by atoms with Crippen LogP contribution >= 0.6 is 0 Å². The van der Waals surface area contributed by atoms with Crippen molar-refractivity contribution >= 4 is 38.3 Å². The second-order valence-electron chi connectivity index (χ2n) is 7.77. The van der Waals surface area contributed by atoms with Crippen molar-refractivity contribution in [3.63, 3.8) is 0 Å². The Kier molecular flexibility index (Phi) is 5.44. The van der Waals surface area contributed by atoms with E-state index in [9.17, 15) is 9.90 Å². The zero-order chi connectivity index (χ0) is 21.9. The number of fused-ring (bicyclic) bond motifs is 3. The molecule has 0 saturated carbocycles. The first kappa shape index (κ1) is 20.0. The summed E-state index contributed by atoms with van der Waals surface area (Å²) in [6.07, 6.45) is -0.938. The Bertz CT molecular complexity index is 1370. The van der Waals surface area contributed by atoms with Gasteiger partial charge in [-0.25, -0.2) is 4.79 Å². The maximum absolute atomic E-state index is 13.0. The topological polar surface area (TPSA) is 55.8 Å². The summed E-state index contributed by atoms with van der Waals surface area (Å²) in [5, 5.41) is 16.1. The van der Waals surface area contributed by atoms with Crippen molar-refractivity contribution in [3.8, 4) is 5.75 Å². The quantitative estimate of drug-likeness (QED) is 0.280. The first-order valence-electron chi connectivity index (χ1n) is 10.6. The highest BCUT2D eigenvalue weighted by atomic mass is 16.5. The molecule has 1 unspecified atom stereocenters. The lowest BCUT2D eigenvalue weighted by Gasteiger charge is -2.15. The number of rotatable bonds is 6. The van der Waals surface area contributed by atoms with E-state index in [0.717, 1.165) is 32.3 Å². The van der Waals surface area contributed by atoms with Crippen LogP contribution in [0.5, 0.6) is 5.75 Å². The molecule has 5 aromatic carbocycles. The molecule has 0 amide bonds. The van der Waals surface area contributed by atoms with Crippen molar-refractivity contribution in [3.05, 3.63) is 103 Å². The van der Waals surface area contributed by atoms with E-state index in [2.05, 4.69) is 6.07 Å². The van der Waals surface area contributed by atoms with E-state index in [0.29, 0.717) is 11.3 Å². The van der Waals surface area contributed by atoms with Crippen molar-refractivity contribution in [2.75, 3.05) is 13.2 Å². The van der Waals surface area contributed by atoms with Gasteiger partial charge in [0.05, 0.1) is 5.56 Å². The fourth-order valence-corrected chi connectivity index (χ4v) is 3.98. The summed E-state index contributed by atoms with van der Waals surface area (Å²) in [5.74, 6) is 0.205. The molecule has 1 atom stereocenters. The molecule has 0 bridgehead atoms. The van der Waals surface area contributed by atoms with Gasteiger partial charge < -0.3 is 14.6 Å². The highest BCUT2D eigenvalue weighted by Crippen LogP contribution is 2.29. The normalized spacial score (nSPS) is 12.2. The van der Waals surface area contributed by atoms with Gasteiger partial charge in [0.2, 0.25) is 0 Å². The minimum absolute atomic E-state index is 0.0297. The number of esters is 1. The Labute approximate surface area is 185 Å². The van der Waals surface area contributed by atoms with E-state index in [1.165, 1.54) is 0 Å². The maximum atomic E-state index is 13.0. The summed E-state index contributed by atoms with van der Waals surface area (Å²) >= 11 is 0. The number of carbonyl (C=O) groups is 1. The number of ether oxygens (including phenoxy) is 2. The molecule has 0 aromatic heterocycles. The molecule has 0 heterocycles. The van der Waals surface area contributed by atoms with Crippen LogP contribution < -0.4 is 4.74 Å². The molecule has 32 heavy (non-hydrogen) atoms. The SMILES string of the molecule is O=C(OCC(O)COc1ccc2ccccc2c1)c1c2ccccc2cc2ccccc12. The van der Waals surface area contributed by atoms with Crippen molar-refractivity contribution in [2.24, 2.45) is 0 Å². The molecule has 5 rings (SSSR count). The van der Waals surface area contributed by atoms with E-state index in [1.807, 2.05) is 91.0 Å². The van der Waals surface area contributed by atoms with Crippen LogP contribution in [-0.2, 0) is 4.74 Å². The number of hydrogen-bond donors (Lipinski definition) is 1. The van der Waals surface area contributed by atoms with E-state index in [-0.39, 0.29) is 13.2 Å². The molecule has 0 aliphatic carbocycles. The predicted octanol–water partition coefficient (Wildman–Crippen LogP) is 5.74. The second-order valence-corrected chi connectivity index (χ2v) is 7.77. The number of carbonyl (C=O) groups excluding carboxylic acids is 1. The van der Waals surface area contributed by atoms with E-state index >= 15 is 0 Å². The summed E-state index contributed by atoms with van der Waals surface area (Å²) in [6.45, 7) is -0.119. The molecule has 5 aromatic rings. The maximum Gasteiger partial charge on any atom is 0.339 e. The average Bonchev–Trinajstić information content (AvgIpc) is 2.84. The van der Waals surface area contributed by atoms with Crippen LogP contribution in [0.25, 0.3) is 32.3 Å². The second kappa shape index (κ2) is 8.69. The largest absolute Gasteiger partial charge is 0.491 e. The summed E-state index contributed by atoms with van der Waals surface area (Å²) in [6, 6.07) is 31.3. The third kappa shape index (κ3) is 4.01. The highest BCUT2D eigenvalue weighted by molar-refractivity contribution is 6.16. The van der Waals surface area contributed by atoms with Crippen molar-refractivity contribution in [2.45, 2.75) is 6.10 Å². The number of aliphatic hydroxyl groups excluding tert-OH is 1. The van der Waals surface area contributed by atoms with Crippen molar-refractivity contribution in [1.82, 2.24) is 0 Å². The summed E-state index contributed by atoms with van der Waals surface area (Å²) in [5.41, 5.74) is 0.515. The van der Waals surface area contributed by atoms with Gasteiger partial charge in [0.1, 0.15) is 25.1 Å². The fraction of sp³-hybridized carbons (Fsp3) is 0.107. The Morgan fingerprint density at radius 3 is 1.97 bits per heavy atom. The van der Waals surface area contributed by atoms with Gasteiger partial charge >= 0.3 is 5.97 Å². The fourth-order valence-electron chi connectivity index (χ4n) is 3.98. The van der Waals surface area contributed by atoms with Gasteiger partial charge in [-0.1, -0.05) is 78.9 Å². The summed E-state index contributed by atoms with van der Waals surface area (Å²) in [7, 11) is 0. The van der Waals surface area contributed by atoms with Gasteiger partial charge in [0.15, 0.2) is 0 Å². The Balaban J connectivity index is 1.29. The van der Waals surface area contributed by atoms with Crippen LogP contribution in [0.1, 0.15) is 10.4 Å². The molecule has 0 aliphatic heterocycles. The smallest absolute Gasteiger partial charge is 0.339 e. The average molecular weight is 422 g/mol. The van der Waals surface area contributed by atoms with Crippen molar-refractivity contribution < 1.29 is 19.4 Å². The Hall–Kier alpha value is -3.89. The first-order valence-corrected chi connectivity index (χ1v) is 10.6. The van der Waals surface area contributed by atoms with Gasteiger partial charge in [-0.3, -0.25) is 0 Å². The molecule has 0 radical (unpaired) electrons. The van der Waals surface area contributed by atoms with E-state index in [4.69, 9.17) is 9.47 Å². The molecule has 0 aliphatic rings. The lowest BCUT2D eigenvalue weighted by molar-refractivity contribution is 0.0133. The Morgan fingerprint density at radius 1 is 0.688 bits per heavy atom. The van der Waals surface area contributed by atoms with E-state index in [1.54, 1.807) is 0 Å². The molecule has 4 heteroatoms. The lowest BCUT2D eigenvalue weighted by Crippen LogP contribution is -2.25. The van der Waals surface area contributed by atoms with Crippen LogP contribution in [0.3, 0.4) is 0 Å². The summed E-state index contributed by atoms with van der Waals surface area (Å²) in [4.78, 5) is 13.0. The van der Waals surface area contributed by atoms with Crippen LogP contribution in [0.2, 0.25) is 0 Å². The molecule has 158 valence electrons. The van der Waals surface area contributed by atoms with E-state index < -0.39 is 12.1 Å². The van der Waals surface area contributed by atoms with Gasteiger partial charge in [-0.05, 0) is 50.5 Å². The summed E-state index contributed by atoms with van der Waals surface area (Å²) < 4.78 is 11.2. The third-order valence-electron chi connectivity index (χ3n) is 5.55. The number of benzene rings is 5. The van der Waals surface area contributed by atoms with Gasteiger partial charge in [0, 0.05) is 0 Å². The Morgan fingerprint density at radius 2 is 1.28 bits per heavy atom. The zero-order valence-corrected chi connectivity index (χ0v) is 17.4. The molecule has 1 N–H and O–H groups in total. The standard InChI is InChI=1S/C28H22O4/c29-23(17-31-24-14-13-19-7-1-2-8-20(19)16-24)18-32-28(30)27-25-11-5-3-9-21(25)15-22-10-4-6-12-26(22)27/h1-16,23,29H,17-18H2. The third-order valence-corrected chi connectivity index (χ3v) is 5.55. The zero-order valence-electron chi connectivity index (χ0n) is 17.4. The molecule has 4 nitrogen and oxygen atoms in total.